The van der Waals surface area contributed by atoms with Crippen LogP contribution in [0.15, 0.2) is 48.9 Å². The van der Waals surface area contributed by atoms with Crippen molar-refractivity contribution < 1.29 is 0 Å². The third-order valence-corrected chi connectivity index (χ3v) is 4.10. The summed E-state index contributed by atoms with van der Waals surface area (Å²) in [5.41, 5.74) is 3.50. The lowest BCUT2D eigenvalue weighted by Gasteiger charge is -2.29. The minimum atomic E-state index is 0.803. The Kier molecular flexibility index (Phi) is 3.42. The van der Waals surface area contributed by atoms with Gasteiger partial charge in [-0.15, -0.1) is 0 Å². The lowest BCUT2D eigenvalue weighted by Crippen LogP contribution is -2.34. The Morgan fingerprint density at radius 3 is 2.83 bits per heavy atom. The molecule has 1 aromatic carbocycles. The third-order valence-electron chi connectivity index (χ3n) is 4.10. The smallest absolute Gasteiger partial charge is 0.135 e. The van der Waals surface area contributed by atoms with E-state index in [2.05, 4.69) is 36.9 Å². The van der Waals surface area contributed by atoms with E-state index in [1.54, 1.807) is 6.33 Å². The van der Waals surface area contributed by atoms with Crippen molar-refractivity contribution in [2.75, 3.05) is 16.8 Å². The normalized spacial score (nSPS) is 13.7. The van der Waals surface area contributed by atoms with E-state index < -0.39 is 0 Å². The van der Waals surface area contributed by atoms with Gasteiger partial charge in [-0.3, -0.25) is 4.68 Å². The summed E-state index contributed by atoms with van der Waals surface area (Å²) in [6.07, 6.45) is 3.54. The quantitative estimate of drug-likeness (QED) is 0.806. The molecule has 1 aliphatic rings. The zero-order chi connectivity index (χ0) is 15.6. The molecule has 0 bridgehead atoms. The number of fused-ring (bicyclic) bond motifs is 1. The molecule has 6 nitrogen and oxygen atoms in total. The van der Waals surface area contributed by atoms with E-state index in [1.165, 1.54) is 11.3 Å². The predicted molar refractivity (Wildman–Crippen MR) is 89.8 cm³/mol. The fourth-order valence-corrected chi connectivity index (χ4v) is 2.83. The van der Waals surface area contributed by atoms with Crippen molar-refractivity contribution in [1.29, 1.82) is 0 Å². The van der Waals surface area contributed by atoms with Crippen molar-refractivity contribution >= 4 is 17.3 Å². The van der Waals surface area contributed by atoms with Crippen LogP contribution in [0.2, 0.25) is 0 Å². The van der Waals surface area contributed by atoms with Crippen LogP contribution in [0.5, 0.6) is 0 Å². The highest BCUT2D eigenvalue weighted by Crippen LogP contribution is 2.23. The highest BCUT2D eigenvalue weighted by atomic mass is 15.3. The molecule has 2 aromatic heterocycles. The van der Waals surface area contributed by atoms with E-state index in [1.807, 2.05) is 42.6 Å². The molecule has 1 aliphatic heterocycles. The molecule has 0 unspecified atom stereocenters. The summed E-state index contributed by atoms with van der Waals surface area (Å²) in [5.74, 6) is 1.74. The van der Waals surface area contributed by atoms with Crippen molar-refractivity contribution in [2.24, 2.45) is 0 Å². The van der Waals surface area contributed by atoms with Gasteiger partial charge in [-0.1, -0.05) is 18.2 Å². The molecule has 0 saturated carbocycles. The van der Waals surface area contributed by atoms with Gasteiger partial charge in [0.25, 0.3) is 0 Å². The molecule has 0 atom stereocenters. The molecule has 116 valence electrons. The molecule has 0 fully saturated rings. The number of nitrogens with zero attached hydrogens (tertiary/aromatic N) is 5. The maximum atomic E-state index is 4.44. The Morgan fingerprint density at radius 2 is 1.96 bits per heavy atom. The zero-order valence-electron chi connectivity index (χ0n) is 13.0. The summed E-state index contributed by atoms with van der Waals surface area (Å²) >= 11 is 0. The maximum Gasteiger partial charge on any atom is 0.135 e. The van der Waals surface area contributed by atoms with Gasteiger partial charge in [-0.2, -0.15) is 5.10 Å². The van der Waals surface area contributed by atoms with Crippen LogP contribution >= 0.6 is 0 Å². The number of hydrogen-bond acceptors (Lipinski definition) is 5. The zero-order valence-corrected chi connectivity index (χ0v) is 13.0. The maximum absolute atomic E-state index is 4.44. The molecule has 23 heavy (non-hydrogen) atoms. The van der Waals surface area contributed by atoms with E-state index >= 15 is 0 Å². The molecule has 0 aliphatic carbocycles. The molecular formula is C17H18N6. The molecule has 3 heterocycles. The van der Waals surface area contributed by atoms with Gasteiger partial charge in [-0.05, 0) is 24.6 Å². The fourth-order valence-electron chi connectivity index (χ4n) is 2.83. The second-order valence-electron chi connectivity index (χ2n) is 5.67. The van der Waals surface area contributed by atoms with Crippen LogP contribution in [-0.2, 0) is 13.1 Å². The van der Waals surface area contributed by atoms with Gasteiger partial charge in [0.2, 0.25) is 0 Å². The first-order valence-electron chi connectivity index (χ1n) is 7.70. The topological polar surface area (TPSA) is 58.9 Å². The SMILES string of the molecule is Cc1cnn2c1CN(c1cc(Nc3ccccc3)ncn1)CC2. The van der Waals surface area contributed by atoms with Crippen molar-refractivity contribution in [2.45, 2.75) is 20.0 Å². The molecule has 0 spiro atoms. The van der Waals surface area contributed by atoms with Gasteiger partial charge in [0, 0.05) is 18.3 Å². The van der Waals surface area contributed by atoms with E-state index in [0.717, 1.165) is 37.0 Å². The largest absolute Gasteiger partial charge is 0.349 e. The van der Waals surface area contributed by atoms with Crippen molar-refractivity contribution in [3.05, 3.63) is 60.2 Å². The molecule has 0 amide bonds. The van der Waals surface area contributed by atoms with Crippen molar-refractivity contribution in [3.8, 4) is 0 Å². The highest BCUT2D eigenvalue weighted by Gasteiger charge is 2.20. The number of aryl methyl sites for hydroxylation is 1. The number of para-hydroxylation sites is 1. The Bertz CT molecular complexity index is 811. The molecular weight excluding hydrogens is 288 g/mol. The highest BCUT2D eigenvalue weighted by molar-refractivity contribution is 5.59. The van der Waals surface area contributed by atoms with Crippen LogP contribution in [0, 0.1) is 6.92 Å². The van der Waals surface area contributed by atoms with E-state index in [9.17, 15) is 0 Å². The Hall–Kier alpha value is -2.89. The summed E-state index contributed by atoms with van der Waals surface area (Å²) in [5, 5.41) is 7.72. The van der Waals surface area contributed by atoms with E-state index in [-0.39, 0.29) is 0 Å². The number of nitrogens with one attached hydrogen (secondary N) is 1. The molecule has 0 radical (unpaired) electrons. The van der Waals surface area contributed by atoms with Crippen LogP contribution in [0.3, 0.4) is 0 Å². The second kappa shape index (κ2) is 5.72. The molecule has 1 N–H and O–H groups in total. The first-order chi connectivity index (χ1) is 11.3. The molecule has 6 heteroatoms. The van der Waals surface area contributed by atoms with Crippen LogP contribution in [-0.4, -0.2) is 26.3 Å². The van der Waals surface area contributed by atoms with Crippen LogP contribution < -0.4 is 10.2 Å². The number of aromatic nitrogens is 4. The van der Waals surface area contributed by atoms with Crippen LogP contribution in [0.25, 0.3) is 0 Å². The minimum absolute atomic E-state index is 0.803. The third kappa shape index (κ3) is 2.75. The summed E-state index contributed by atoms with van der Waals surface area (Å²) < 4.78 is 2.08. The monoisotopic (exact) mass is 306 g/mol. The lowest BCUT2D eigenvalue weighted by atomic mass is 10.2. The number of benzene rings is 1. The average molecular weight is 306 g/mol. The first kappa shape index (κ1) is 13.8. The summed E-state index contributed by atoms with van der Waals surface area (Å²) in [6.45, 7) is 4.71. The standard InChI is InChI=1S/C17H18N6/c1-13-10-20-23-8-7-22(11-15(13)23)17-9-16(18-12-19-17)21-14-5-3-2-4-6-14/h2-6,9-10,12H,7-8,11H2,1H3,(H,18,19,21). The number of rotatable bonds is 3. The molecule has 0 saturated heterocycles. The average Bonchev–Trinajstić information content (AvgIpc) is 2.97. The summed E-state index contributed by atoms with van der Waals surface area (Å²) in [6, 6.07) is 12.0. The predicted octanol–water partition coefficient (Wildman–Crippen LogP) is 2.75. The van der Waals surface area contributed by atoms with Gasteiger partial charge in [0.05, 0.1) is 25.0 Å². The van der Waals surface area contributed by atoms with Gasteiger partial charge in [0.1, 0.15) is 18.0 Å². The van der Waals surface area contributed by atoms with Gasteiger partial charge in [0.15, 0.2) is 0 Å². The van der Waals surface area contributed by atoms with Gasteiger partial charge < -0.3 is 10.2 Å². The van der Waals surface area contributed by atoms with E-state index in [4.69, 9.17) is 0 Å². The van der Waals surface area contributed by atoms with Crippen LogP contribution in [0.1, 0.15) is 11.3 Å². The van der Waals surface area contributed by atoms with Crippen LogP contribution in [0.4, 0.5) is 17.3 Å². The van der Waals surface area contributed by atoms with Crippen molar-refractivity contribution in [3.63, 3.8) is 0 Å². The fraction of sp³-hybridized carbons (Fsp3) is 0.235. The lowest BCUT2D eigenvalue weighted by molar-refractivity contribution is 0.515. The Morgan fingerprint density at radius 1 is 1.09 bits per heavy atom. The summed E-state index contributed by atoms with van der Waals surface area (Å²) in [4.78, 5) is 11.0. The van der Waals surface area contributed by atoms with Gasteiger partial charge in [-0.25, -0.2) is 9.97 Å². The van der Waals surface area contributed by atoms with Gasteiger partial charge >= 0.3 is 0 Å². The summed E-state index contributed by atoms with van der Waals surface area (Å²) in [7, 11) is 0. The van der Waals surface area contributed by atoms with E-state index in [0.29, 0.717) is 0 Å². The molecule has 3 aromatic rings. The number of anilines is 3. The number of hydrogen-bond donors (Lipinski definition) is 1. The first-order valence-corrected chi connectivity index (χ1v) is 7.70. The Labute approximate surface area is 134 Å². The van der Waals surface area contributed by atoms with Crippen molar-refractivity contribution in [1.82, 2.24) is 19.7 Å². The minimum Gasteiger partial charge on any atom is -0.349 e. The Balaban J connectivity index is 1.56. The molecule has 4 rings (SSSR count). The second-order valence-corrected chi connectivity index (χ2v) is 5.67.